The first kappa shape index (κ1) is 24.0. The van der Waals surface area contributed by atoms with E-state index in [0.717, 1.165) is 0 Å². The van der Waals surface area contributed by atoms with Crippen LogP contribution in [0.25, 0.3) is 21.7 Å². The predicted octanol–water partition coefficient (Wildman–Crippen LogP) is 3.35. The minimum Gasteiger partial charge on any atom is -0.379 e. The third kappa shape index (κ3) is 5.15. The van der Waals surface area contributed by atoms with Crippen LogP contribution in [0.15, 0.2) is 35.3 Å². The molecule has 34 heavy (non-hydrogen) atoms. The van der Waals surface area contributed by atoms with Crippen molar-refractivity contribution in [1.82, 2.24) is 14.9 Å². The second kappa shape index (κ2) is 9.59. The summed E-state index contributed by atoms with van der Waals surface area (Å²) in [6.45, 7) is 5.58. The van der Waals surface area contributed by atoms with E-state index in [2.05, 4.69) is 20.6 Å². The first-order valence-corrected chi connectivity index (χ1v) is 11.0. The van der Waals surface area contributed by atoms with Crippen molar-refractivity contribution < 1.29 is 22.7 Å². The smallest absolute Gasteiger partial charge is 0.379 e. The minimum atomic E-state index is -4.49. The number of hydrogen-bond acceptors (Lipinski definition) is 6. The highest BCUT2D eigenvalue weighted by molar-refractivity contribution is 6.11. The van der Waals surface area contributed by atoms with Gasteiger partial charge < -0.3 is 20.4 Å². The highest BCUT2D eigenvalue weighted by Gasteiger charge is 2.42. The number of halogens is 3. The molecule has 4 rings (SSSR count). The van der Waals surface area contributed by atoms with E-state index >= 15 is 0 Å². The van der Waals surface area contributed by atoms with Crippen LogP contribution in [0, 0.1) is 5.92 Å². The lowest BCUT2D eigenvalue weighted by Gasteiger charge is -2.26. The number of rotatable bonds is 6. The number of nitrogens with one attached hydrogen (secondary N) is 3. The fourth-order valence-electron chi connectivity index (χ4n) is 4.08. The summed E-state index contributed by atoms with van der Waals surface area (Å²) in [5.74, 6) is -0.954. The van der Waals surface area contributed by atoms with Gasteiger partial charge in [0.2, 0.25) is 5.91 Å². The number of pyridine rings is 2. The van der Waals surface area contributed by atoms with Crippen molar-refractivity contribution in [2.75, 3.05) is 43.5 Å². The zero-order valence-electron chi connectivity index (χ0n) is 18.8. The van der Waals surface area contributed by atoms with Gasteiger partial charge in [-0.15, -0.1) is 0 Å². The average molecular weight is 477 g/mol. The first-order valence-electron chi connectivity index (χ1n) is 11.0. The van der Waals surface area contributed by atoms with E-state index in [1.165, 1.54) is 26.1 Å². The van der Waals surface area contributed by atoms with Gasteiger partial charge in [0.15, 0.2) is 0 Å². The number of hydrogen-bond donors (Lipinski definition) is 3. The number of morpholine rings is 1. The molecule has 0 unspecified atom stereocenters. The molecule has 1 aliphatic heterocycles. The molecule has 1 amide bonds. The van der Waals surface area contributed by atoms with Gasteiger partial charge in [-0.25, -0.2) is 4.98 Å². The van der Waals surface area contributed by atoms with Gasteiger partial charge in [-0.1, -0.05) is 13.8 Å². The highest BCUT2D eigenvalue weighted by Crippen LogP contribution is 2.34. The lowest BCUT2D eigenvalue weighted by Crippen LogP contribution is -2.41. The van der Waals surface area contributed by atoms with E-state index in [1.54, 1.807) is 18.2 Å². The highest BCUT2D eigenvalue weighted by atomic mass is 19.4. The summed E-state index contributed by atoms with van der Waals surface area (Å²) in [7, 11) is 0. The van der Waals surface area contributed by atoms with E-state index in [4.69, 9.17) is 4.74 Å². The van der Waals surface area contributed by atoms with E-state index in [9.17, 15) is 22.8 Å². The molecule has 2 aromatic heterocycles. The first-order chi connectivity index (χ1) is 16.1. The second-order valence-electron chi connectivity index (χ2n) is 8.63. The Labute approximate surface area is 193 Å². The number of anilines is 2. The maximum atomic E-state index is 13.6. The number of H-pyrrole nitrogens is 1. The Morgan fingerprint density at radius 3 is 2.62 bits per heavy atom. The van der Waals surface area contributed by atoms with Gasteiger partial charge in [-0.2, -0.15) is 13.2 Å². The zero-order chi connectivity index (χ0) is 24.5. The predicted molar refractivity (Wildman–Crippen MR) is 124 cm³/mol. The SMILES string of the molecule is CC(C)[C@@H](Nc1nc2cc[nH]c(=O)c2c2cc(NC(=O)CN3CCOCC3)ccc12)C(F)(F)F. The Hall–Kier alpha value is -3.18. The van der Waals surface area contributed by atoms with Gasteiger partial charge in [-0.3, -0.25) is 14.5 Å². The molecule has 1 aromatic carbocycles. The molecular weight excluding hydrogens is 451 g/mol. The summed E-state index contributed by atoms with van der Waals surface area (Å²) in [4.78, 5) is 34.0. The van der Waals surface area contributed by atoms with Crippen LogP contribution in [0.4, 0.5) is 24.7 Å². The molecule has 11 heteroatoms. The van der Waals surface area contributed by atoms with Crippen LogP contribution in [0.2, 0.25) is 0 Å². The van der Waals surface area contributed by atoms with E-state index in [1.807, 2.05) is 4.90 Å². The van der Waals surface area contributed by atoms with Crippen molar-refractivity contribution in [2.24, 2.45) is 5.92 Å². The normalized spacial score (nSPS) is 16.2. The maximum absolute atomic E-state index is 13.6. The number of benzene rings is 1. The Bertz CT molecular complexity index is 1250. The topological polar surface area (TPSA) is 99.3 Å². The lowest BCUT2D eigenvalue weighted by molar-refractivity contribution is -0.150. The van der Waals surface area contributed by atoms with Crippen molar-refractivity contribution in [3.63, 3.8) is 0 Å². The van der Waals surface area contributed by atoms with Crippen LogP contribution < -0.4 is 16.2 Å². The zero-order valence-corrected chi connectivity index (χ0v) is 18.8. The van der Waals surface area contributed by atoms with Crippen molar-refractivity contribution >= 4 is 39.1 Å². The number of fused-ring (bicyclic) bond motifs is 3. The van der Waals surface area contributed by atoms with Gasteiger partial charge in [0.05, 0.1) is 30.7 Å². The standard InChI is InChI=1S/C23H26F3N5O3/c1-13(2)20(23(24,25)26)30-21-15-4-3-14(28-18(32)12-31-7-9-34-10-8-31)11-16(15)19-17(29-21)5-6-27-22(19)33/h3-6,11,13,20H,7-10,12H2,1-2H3,(H,27,33)(H,28,32)(H,29,30)/t20-/m1/s1. The third-order valence-electron chi connectivity index (χ3n) is 5.78. The monoisotopic (exact) mass is 477 g/mol. The Morgan fingerprint density at radius 1 is 1.21 bits per heavy atom. The molecule has 0 aliphatic carbocycles. The van der Waals surface area contributed by atoms with Crippen LogP contribution >= 0.6 is 0 Å². The second-order valence-corrected chi connectivity index (χ2v) is 8.63. The van der Waals surface area contributed by atoms with Crippen molar-refractivity contribution in [3.05, 3.63) is 40.8 Å². The van der Waals surface area contributed by atoms with E-state index in [-0.39, 0.29) is 29.2 Å². The van der Waals surface area contributed by atoms with E-state index in [0.29, 0.717) is 42.8 Å². The molecule has 0 spiro atoms. The van der Waals surface area contributed by atoms with Crippen molar-refractivity contribution in [2.45, 2.75) is 26.1 Å². The van der Waals surface area contributed by atoms with Crippen molar-refractivity contribution in [1.29, 1.82) is 0 Å². The number of carbonyl (C=O) groups excluding carboxylic acids is 1. The molecule has 1 atom stereocenters. The molecule has 0 saturated carbocycles. The molecule has 0 bridgehead atoms. The number of aromatic amines is 1. The molecule has 3 heterocycles. The van der Waals surface area contributed by atoms with Gasteiger partial charge in [0.1, 0.15) is 11.9 Å². The fourth-order valence-corrected chi connectivity index (χ4v) is 4.08. The summed E-state index contributed by atoms with van der Waals surface area (Å²) in [6, 6.07) is 4.45. The average Bonchev–Trinajstić information content (AvgIpc) is 2.76. The lowest BCUT2D eigenvalue weighted by atomic mass is 10.0. The number of carbonyl (C=O) groups is 1. The van der Waals surface area contributed by atoms with Crippen molar-refractivity contribution in [3.8, 4) is 0 Å². The summed E-state index contributed by atoms with van der Waals surface area (Å²) in [5, 5.41) is 6.33. The largest absolute Gasteiger partial charge is 0.408 e. The molecule has 182 valence electrons. The molecule has 8 nitrogen and oxygen atoms in total. The van der Waals surface area contributed by atoms with Gasteiger partial charge in [0.25, 0.3) is 5.56 Å². The molecule has 3 aromatic rings. The summed E-state index contributed by atoms with van der Waals surface area (Å²) in [5.41, 5.74) is 0.262. The van der Waals surface area contributed by atoms with Crippen LogP contribution in [0.3, 0.4) is 0 Å². The Balaban J connectivity index is 1.73. The van der Waals surface area contributed by atoms with Gasteiger partial charge in [-0.05, 0) is 30.2 Å². The number of alkyl halides is 3. The minimum absolute atomic E-state index is 0.0234. The van der Waals surface area contributed by atoms with E-state index < -0.39 is 23.7 Å². The quantitative estimate of drug-likeness (QED) is 0.471. The number of ether oxygens (including phenoxy) is 1. The molecule has 1 fully saturated rings. The fraction of sp³-hybridized carbons (Fsp3) is 0.435. The summed E-state index contributed by atoms with van der Waals surface area (Å²) < 4.78 is 46.2. The number of amides is 1. The Kier molecular flexibility index (Phi) is 6.76. The molecule has 1 aliphatic rings. The van der Waals surface area contributed by atoms with Crippen LogP contribution in [0.1, 0.15) is 13.8 Å². The molecule has 0 radical (unpaired) electrons. The molecule has 1 saturated heterocycles. The van der Waals surface area contributed by atoms with Crippen LogP contribution in [-0.2, 0) is 9.53 Å². The van der Waals surface area contributed by atoms with Gasteiger partial charge >= 0.3 is 6.18 Å². The molecular formula is C23H26F3N5O3. The summed E-state index contributed by atoms with van der Waals surface area (Å²) in [6.07, 6.45) is -3.09. The third-order valence-corrected chi connectivity index (χ3v) is 5.78. The number of nitrogens with zero attached hydrogens (tertiary/aromatic N) is 2. The number of aromatic nitrogens is 2. The van der Waals surface area contributed by atoms with Crippen LogP contribution in [0.5, 0.6) is 0 Å². The molecule has 3 N–H and O–H groups in total. The van der Waals surface area contributed by atoms with Crippen LogP contribution in [-0.4, -0.2) is 65.8 Å². The van der Waals surface area contributed by atoms with Gasteiger partial charge in [0, 0.05) is 35.7 Å². The Morgan fingerprint density at radius 2 is 1.94 bits per heavy atom. The maximum Gasteiger partial charge on any atom is 0.408 e. The summed E-state index contributed by atoms with van der Waals surface area (Å²) >= 11 is 0.